The Kier molecular flexibility index (Phi) is 11.7. The molecule has 1 atom stereocenters. The van der Waals surface area contributed by atoms with E-state index in [1.54, 1.807) is 6.20 Å². The molecular weight excluding hydrogens is 372 g/mol. The molecule has 0 N–H and O–H groups in total. The van der Waals surface area contributed by atoms with Crippen molar-refractivity contribution >= 4 is 16.8 Å². The molecule has 1 amide bonds. The van der Waals surface area contributed by atoms with Gasteiger partial charge in [-0.3, -0.25) is 9.78 Å². The number of hydrogen-bond acceptors (Lipinski definition) is 3. The maximum Gasteiger partial charge on any atom is 0.242 e. The van der Waals surface area contributed by atoms with Gasteiger partial charge >= 0.3 is 0 Å². The largest absolute Gasteiger partial charge is 0.340 e. The second kappa shape index (κ2) is 13.4. The van der Waals surface area contributed by atoms with Crippen LogP contribution in [0.15, 0.2) is 24.7 Å². The normalized spacial score (nSPS) is 18.4. The molecule has 0 saturated carbocycles. The van der Waals surface area contributed by atoms with Gasteiger partial charge < -0.3 is 14.4 Å². The number of carbonyl (C=O) groups excluding carboxylic acids is 1. The molecule has 2 aliphatic heterocycles. The predicted molar refractivity (Wildman–Crippen MR) is 129 cm³/mol. The van der Waals surface area contributed by atoms with Gasteiger partial charge in [0.05, 0.1) is 5.52 Å². The maximum atomic E-state index is 12.6. The summed E-state index contributed by atoms with van der Waals surface area (Å²) >= 11 is 0. The van der Waals surface area contributed by atoms with Gasteiger partial charge in [-0.1, -0.05) is 48.0 Å². The maximum absolute atomic E-state index is 12.6. The Hall–Kier alpha value is -1.88. The highest BCUT2D eigenvalue weighted by molar-refractivity contribution is 5.85. The van der Waals surface area contributed by atoms with Crippen molar-refractivity contribution in [2.75, 3.05) is 33.2 Å². The quantitative estimate of drug-likeness (QED) is 0.688. The van der Waals surface area contributed by atoms with Gasteiger partial charge in [-0.15, -0.1) is 0 Å². The second-order valence-electron chi connectivity index (χ2n) is 7.91. The van der Waals surface area contributed by atoms with E-state index in [2.05, 4.69) is 48.5 Å². The van der Waals surface area contributed by atoms with Crippen LogP contribution in [0.25, 0.3) is 10.9 Å². The van der Waals surface area contributed by atoms with Gasteiger partial charge in [0, 0.05) is 43.6 Å². The monoisotopic (exact) mass is 416 g/mol. The summed E-state index contributed by atoms with van der Waals surface area (Å²) in [6.45, 7) is 19.0. The van der Waals surface area contributed by atoms with Crippen LogP contribution >= 0.6 is 0 Å². The topological polar surface area (TPSA) is 41.4 Å². The van der Waals surface area contributed by atoms with Crippen LogP contribution < -0.4 is 0 Å². The van der Waals surface area contributed by atoms with E-state index in [0.717, 1.165) is 29.9 Å². The number of likely N-dealkylation sites (tertiary alicyclic amines) is 2. The molecule has 0 aliphatic carbocycles. The van der Waals surface area contributed by atoms with Crippen molar-refractivity contribution in [1.29, 1.82) is 0 Å². The molecule has 4 rings (SSSR count). The number of nitrogens with zero attached hydrogens (tertiary/aromatic N) is 4. The van der Waals surface area contributed by atoms with Crippen molar-refractivity contribution in [3.8, 4) is 0 Å². The molecule has 0 spiro atoms. The van der Waals surface area contributed by atoms with E-state index < -0.39 is 0 Å². The van der Waals surface area contributed by atoms with Gasteiger partial charge in [-0.25, -0.2) is 0 Å². The first kappa shape index (κ1) is 26.2. The number of pyridine rings is 1. The fourth-order valence-corrected chi connectivity index (χ4v) is 4.06. The number of rotatable bonds is 3. The fraction of sp³-hybridized carbons (Fsp3) is 0.680. The highest BCUT2D eigenvalue weighted by Crippen LogP contribution is 2.31. The first-order valence-electron chi connectivity index (χ1n) is 11.9. The molecule has 5 heteroatoms. The third-order valence-corrected chi connectivity index (χ3v) is 5.54. The Morgan fingerprint density at radius 2 is 1.73 bits per heavy atom. The molecule has 1 unspecified atom stereocenters. The molecule has 30 heavy (non-hydrogen) atoms. The van der Waals surface area contributed by atoms with Crippen molar-refractivity contribution in [3.05, 3.63) is 30.2 Å². The van der Waals surface area contributed by atoms with Crippen LogP contribution in [0.2, 0.25) is 0 Å². The molecule has 4 heterocycles. The van der Waals surface area contributed by atoms with Crippen LogP contribution in [0.1, 0.15) is 59.9 Å². The molecule has 170 valence electrons. The molecule has 2 aliphatic rings. The van der Waals surface area contributed by atoms with E-state index in [1.165, 1.54) is 31.5 Å². The standard InChI is InChI=1S/C18H24N4O.C3H8.2C2H6/c1-13-8-21(17-3-5-19-7-16(13)17)12-18(23)22-10-15(11-22)14-4-6-20(2)9-14;1-3-2;2*1-2/h3,5,7-8,14-15H,4,6,9-12H2,1-2H3;3H2,1-2H3;2*1-2H3. The smallest absolute Gasteiger partial charge is 0.242 e. The highest BCUT2D eigenvalue weighted by atomic mass is 16.2. The second-order valence-corrected chi connectivity index (χ2v) is 7.91. The minimum absolute atomic E-state index is 0.237. The number of fused-ring (bicyclic) bond motifs is 1. The zero-order valence-electron chi connectivity index (χ0n) is 20.6. The van der Waals surface area contributed by atoms with E-state index in [0.29, 0.717) is 12.5 Å². The van der Waals surface area contributed by atoms with Crippen LogP contribution in [-0.4, -0.2) is 58.5 Å². The molecule has 2 fully saturated rings. The molecule has 2 saturated heterocycles. The van der Waals surface area contributed by atoms with E-state index >= 15 is 0 Å². The van der Waals surface area contributed by atoms with Crippen LogP contribution in [0.3, 0.4) is 0 Å². The number of hydrogen-bond donors (Lipinski definition) is 0. The van der Waals surface area contributed by atoms with Gasteiger partial charge in [-0.05, 0) is 50.4 Å². The Balaban J connectivity index is 0.000000579. The molecular formula is C25H44N4O. The third kappa shape index (κ3) is 6.56. The summed E-state index contributed by atoms with van der Waals surface area (Å²) in [5, 5.41) is 1.13. The summed E-state index contributed by atoms with van der Waals surface area (Å²) in [5.74, 6) is 1.72. The molecule has 5 nitrogen and oxygen atoms in total. The Bertz CT molecular complexity index is 749. The lowest BCUT2D eigenvalue weighted by Gasteiger charge is -2.42. The average molecular weight is 417 g/mol. The SMILES string of the molecule is CC.CC.CCC.Cc1cn(CC(=O)N2CC(C3CCN(C)C3)C2)c2ccncc12. The lowest BCUT2D eigenvalue weighted by molar-refractivity contribution is -0.139. The summed E-state index contributed by atoms with van der Waals surface area (Å²) in [4.78, 5) is 21.1. The molecule has 2 aromatic rings. The van der Waals surface area contributed by atoms with Gasteiger partial charge in [0.1, 0.15) is 6.54 Å². The van der Waals surface area contributed by atoms with E-state index in [-0.39, 0.29) is 5.91 Å². The van der Waals surface area contributed by atoms with Crippen molar-refractivity contribution in [2.24, 2.45) is 11.8 Å². The Morgan fingerprint density at radius 3 is 2.30 bits per heavy atom. The molecule has 2 aromatic heterocycles. The van der Waals surface area contributed by atoms with Gasteiger partial charge in [0.2, 0.25) is 5.91 Å². The van der Waals surface area contributed by atoms with E-state index in [1.807, 2.05) is 44.9 Å². The molecule has 0 radical (unpaired) electrons. The van der Waals surface area contributed by atoms with Crippen molar-refractivity contribution < 1.29 is 4.79 Å². The lowest BCUT2D eigenvalue weighted by atomic mass is 9.85. The fourth-order valence-electron chi connectivity index (χ4n) is 4.06. The zero-order chi connectivity index (χ0) is 22.7. The first-order chi connectivity index (χ1) is 14.5. The number of amides is 1. The van der Waals surface area contributed by atoms with Crippen molar-refractivity contribution in [3.63, 3.8) is 0 Å². The van der Waals surface area contributed by atoms with Gasteiger partial charge in [0.25, 0.3) is 0 Å². The zero-order valence-corrected chi connectivity index (χ0v) is 20.6. The lowest BCUT2D eigenvalue weighted by Crippen LogP contribution is -2.53. The highest BCUT2D eigenvalue weighted by Gasteiger charge is 2.38. The van der Waals surface area contributed by atoms with Gasteiger partial charge in [0.15, 0.2) is 0 Å². The summed E-state index contributed by atoms with van der Waals surface area (Å²) in [6.07, 6.45) is 8.27. The molecule has 0 aromatic carbocycles. The van der Waals surface area contributed by atoms with Crippen LogP contribution in [0.5, 0.6) is 0 Å². The summed E-state index contributed by atoms with van der Waals surface area (Å²) in [5.41, 5.74) is 2.27. The summed E-state index contributed by atoms with van der Waals surface area (Å²) in [7, 11) is 2.19. The van der Waals surface area contributed by atoms with E-state index in [9.17, 15) is 4.79 Å². The molecule has 0 bridgehead atoms. The number of carbonyl (C=O) groups is 1. The number of aryl methyl sites for hydroxylation is 1. The van der Waals surface area contributed by atoms with Crippen molar-refractivity contribution in [2.45, 2.75) is 67.9 Å². The van der Waals surface area contributed by atoms with Crippen LogP contribution in [-0.2, 0) is 11.3 Å². The minimum atomic E-state index is 0.237. The average Bonchev–Trinajstić information content (AvgIpc) is 3.28. The number of aromatic nitrogens is 2. The summed E-state index contributed by atoms with van der Waals surface area (Å²) in [6, 6.07) is 1.99. The van der Waals surface area contributed by atoms with E-state index in [4.69, 9.17) is 0 Å². The minimum Gasteiger partial charge on any atom is -0.340 e. The van der Waals surface area contributed by atoms with Crippen molar-refractivity contribution in [1.82, 2.24) is 19.4 Å². The Labute approximate surface area is 184 Å². The van der Waals surface area contributed by atoms with Crippen LogP contribution in [0.4, 0.5) is 0 Å². The predicted octanol–water partition coefficient (Wildman–Crippen LogP) is 5.22. The van der Waals surface area contributed by atoms with Crippen LogP contribution in [0, 0.1) is 18.8 Å². The first-order valence-corrected chi connectivity index (χ1v) is 11.9. The third-order valence-electron chi connectivity index (χ3n) is 5.54. The summed E-state index contributed by atoms with van der Waals surface area (Å²) < 4.78 is 2.06. The van der Waals surface area contributed by atoms with Gasteiger partial charge in [-0.2, -0.15) is 0 Å². The Morgan fingerprint density at radius 1 is 1.10 bits per heavy atom.